The monoisotopic (exact) mass is 313 g/mol. The summed E-state index contributed by atoms with van der Waals surface area (Å²) >= 11 is 0. The summed E-state index contributed by atoms with van der Waals surface area (Å²) in [5.41, 5.74) is 2.17. The predicted octanol–water partition coefficient (Wildman–Crippen LogP) is 3.18. The summed E-state index contributed by atoms with van der Waals surface area (Å²) in [4.78, 5) is 12.0. The van der Waals surface area contributed by atoms with Crippen LogP contribution < -0.4 is 10.6 Å². The highest BCUT2D eigenvalue weighted by Gasteiger charge is 2.04. The number of nitrogens with one attached hydrogen (secondary N) is 3. The first-order chi connectivity index (χ1) is 11.2. The molecule has 2 rings (SSSR count). The molecule has 0 aliphatic heterocycles. The number of hydrogen-bond acceptors (Lipinski definition) is 2. The molecule has 0 atom stereocenters. The fourth-order valence-electron chi connectivity index (χ4n) is 2.32. The van der Waals surface area contributed by atoms with Gasteiger partial charge in [0.1, 0.15) is 5.82 Å². The van der Waals surface area contributed by atoms with Crippen LogP contribution in [0.2, 0.25) is 0 Å². The van der Waals surface area contributed by atoms with Crippen LogP contribution in [0.4, 0.5) is 0 Å². The number of imidazole rings is 1. The zero-order valence-corrected chi connectivity index (χ0v) is 14.3. The van der Waals surface area contributed by atoms with Crippen molar-refractivity contribution in [1.29, 1.82) is 0 Å². The summed E-state index contributed by atoms with van der Waals surface area (Å²) in [5.74, 6) is 2.45. The maximum Gasteiger partial charge on any atom is 0.191 e. The maximum absolute atomic E-state index is 4.42. The number of hydrogen-bond donors (Lipinski definition) is 3. The Morgan fingerprint density at radius 1 is 1.22 bits per heavy atom. The average Bonchev–Trinajstić information content (AvgIpc) is 3.04. The molecule has 23 heavy (non-hydrogen) atoms. The summed E-state index contributed by atoms with van der Waals surface area (Å²) < 4.78 is 0. The van der Waals surface area contributed by atoms with E-state index in [1.165, 1.54) is 6.42 Å². The van der Waals surface area contributed by atoms with Crippen molar-refractivity contribution in [2.24, 2.45) is 10.9 Å². The third kappa shape index (κ3) is 5.77. The van der Waals surface area contributed by atoms with Crippen LogP contribution in [0.25, 0.3) is 11.3 Å². The van der Waals surface area contributed by atoms with Gasteiger partial charge in [-0.3, -0.25) is 4.99 Å². The molecule has 0 spiro atoms. The highest BCUT2D eigenvalue weighted by molar-refractivity contribution is 5.79. The summed E-state index contributed by atoms with van der Waals surface area (Å²) in [6.07, 6.45) is 4.24. The lowest BCUT2D eigenvalue weighted by molar-refractivity contribution is 0.549. The molecule has 0 saturated heterocycles. The number of H-pyrrole nitrogens is 1. The van der Waals surface area contributed by atoms with Crippen LogP contribution in [0.1, 0.15) is 32.5 Å². The number of aliphatic imine (C=N–C) groups is 1. The third-order valence-electron chi connectivity index (χ3n) is 3.61. The molecule has 0 fully saturated rings. The lowest BCUT2D eigenvalue weighted by atomic mass is 10.1. The summed E-state index contributed by atoms with van der Waals surface area (Å²) in [6, 6.07) is 10.2. The van der Waals surface area contributed by atoms with Gasteiger partial charge in [-0.2, -0.15) is 0 Å². The van der Waals surface area contributed by atoms with E-state index in [-0.39, 0.29) is 0 Å². The van der Waals surface area contributed by atoms with E-state index in [0.717, 1.165) is 41.9 Å². The normalized spacial score (nSPS) is 11.7. The quantitative estimate of drug-likeness (QED) is 0.418. The minimum atomic E-state index is 0.622. The van der Waals surface area contributed by atoms with E-state index in [4.69, 9.17) is 0 Å². The number of rotatable bonds is 7. The molecule has 2 aromatic rings. The van der Waals surface area contributed by atoms with E-state index >= 15 is 0 Å². The van der Waals surface area contributed by atoms with Gasteiger partial charge in [0, 0.05) is 13.6 Å². The van der Waals surface area contributed by atoms with E-state index in [0.29, 0.717) is 6.54 Å². The van der Waals surface area contributed by atoms with Crippen LogP contribution >= 0.6 is 0 Å². The molecular formula is C18H27N5. The lowest BCUT2D eigenvalue weighted by Gasteiger charge is -2.11. The molecule has 0 amide bonds. The second-order valence-electron chi connectivity index (χ2n) is 6.00. The Balaban J connectivity index is 1.79. The lowest BCUT2D eigenvalue weighted by Crippen LogP contribution is -2.37. The smallest absolute Gasteiger partial charge is 0.191 e. The van der Waals surface area contributed by atoms with Gasteiger partial charge < -0.3 is 15.6 Å². The Morgan fingerprint density at radius 3 is 2.70 bits per heavy atom. The Morgan fingerprint density at radius 2 is 2.00 bits per heavy atom. The number of aromatic amines is 1. The molecule has 0 aliphatic rings. The summed E-state index contributed by atoms with van der Waals surface area (Å²) in [6.45, 7) is 6.05. The number of guanidine groups is 1. The van der Waals surface area contributed by atoms with Crippen molar-refractivity contribution in [2.75, 3.05) is 13.6 Å². The van der Waals surface area contributed by atoms with Crippen LogP contribution in [0.3, 0.4) is 0 Å². The molecule has 1 heterocycles. The van der Waals surface area contributed by atoms with Gasteiger partial charge in [0.25, 0.3) is 0 Å². The van der Waals surface area contributed by atoms with Gasteiger partial charge in [-0.1, -0.05) is 44.2 Å². The summed E-state index contributed by atoms with van der Waals surface area (Å²) in [7, 11) is 1.79. The van der Waals surface area contributed by atoms with Crippen molar-refractivity contribution in [3.63, 3.8) is 0 Å². The first-order valence-corrected chi connectivity index (χ1v) is 8.23. The molecule has 0 saturated carbocycles. The molecular weight excluding hydrogens is 286 g/mol. The van der Waals surface area contributed by atoms with Gasteiger partial charge in [0.15, 0.2) is 5.96 Å². The molecule has 1 aromatic carbocycles. The van der Waals surface area contributed by atoms with E-state index in [1.54, 1.807) is 7.05 Å². The average molecular weight is 313 g/mol. The van der Waals surface area contributed by atoms with Gasteiger partial charge in [-0.05, 0) is 24.3 Å². The number of nitrogens with zero attached hydrogens (tertiary/aromatic N) is 2. The number of aromatic nitrogens is 2. The van der Waals surface area contributed by atoms with Gasteiger partial charge in [-0.25, -0.2) is 4.98 Å². The SMILES string of the molecule is CN=C(NCCCC(C)C)NCc1ncc(-c2ccccc2)[nH]1. The Kier molecular flexibility index (Phi) is 6.66. The molecule has 3 N–H and O–H groups in total. The predicted molar refractivity (Wildman–Crippen MR) is 96.3 cm³/mol. The van der Waals surface area contributed by atoms with Crippen molar-refractivity contribution in [3.8, 4) is 11.3 Å². The molecule has 124 valence electrons. The molecule has 0 aliphatic carbocycles. The number of benzene rings is 1. The molecule has 0 unspecified atom stereocenters. The van der Waals surface area contributed by atoms with Crippen molar-refractivity contribution in [2.45, 2.75) is 33.2 Å². The summed E-state index contributed by atoms with van der Waals surface area (Å²) in [5, 5.41) is 6.61. The first-order valence-electron chi connectivity index (χ1n) is 8.23. The maximum atomic E-state index is 4.42. The van der Waals surface area contributed by atoms with Crippen molar-refractivity contribution < 1.29 is 0 Å². The van der Waals surface area contributed by atoms with Gasteiger partial charge in [0.2, 0.25) is 0 Å². The second-order valence-corrected chi connectivity index (χ2v) is 6.00. The van der Waals surface area contributed by atoms with Gasteiger partial charge in [0.05, 0.1) is 18.4 Å². The zero-order chi connectivity index (χ0) is 16.5. The van der Waals surface area contributed by atoms with Gasteiger partial charge in [-0.15, -0.1) is 0 Å². The molecule has 0 radical (unpaired) electrons. The van der Waals surface area contributed by atoms with Crippen LogP contribution in [-0.2, 0) is 6.54 Å². The molecule has 5 nitrogen and oxygen atoms in total. The Bertz CT molecular complexity index is 601. The fourth-order valence-corrected chi connectivity index (χ4v) is 2.32. The largest absolute Gasteiger partial charge is 0.356 e. The van der Waals surface area contributed by atoms with Crippen molar-refractivity contribution in [3.05, 3.63) is 42.4 Å². The van der Waals surface area contributed by atoms with E-state index in [2.05, 4.69) is 51.6 Å². The van der Waals surface area contributed by atoms with Crippen molar-refractivity contribution in [1.82, 2.24) is 20.6 Å². The van der Waals surface area contributed by atoms with Crippen LogP contribution in [0, 0.1) is 5.92 Å². The molecule has 0 bridgehead atoms. The third-order valence-corrected chi connectivity index (χ3v) is 3.61. The first kappa shape index (κ1) is 17.1. The highest BCUT2D eigenvalue weighted by Crippen LogP contribution is 2.15. The fraction of sp³-hybridized carbons (Fsp3) is 0.444. The highest BCUT2D eigenvalue weighted by atomic mass is 15.2. The minimum Gasteiger partial charge on any atom is -0.356 e. The van der Waals surface area contributed by atoms with Crippen molar-refractivity contribution >= 4 is 5.96 Å². The van der Waals surface area contributed by atoms with E-state index in [1.807, 2.05) is 24.4 Å². The van der Waals surface area contributed by atoms with Gasteiger partial charge >= 0.3 is 0 Å². The van der Waals surface area contributed by atoms with E-state index < -0.39 is 0 Å². The minimum absolute atomic E-state index is 0.622. The van der Waals surface area contributed by atoms with Crippen LogP contribution in [0.15, 0.2) is 41.5 Å². The second kappa shape index (κ2) is 8.98. The van der Waals surface area contributed by atoms with E-state index in [9.17, 15) is 0 Å². The zero-order valence-electron chi connectivity index (χ0n) is 14.3. The molecule has 1 aromatic heterocycles. The Labute approximate surface area is 138 Å². The topological polar surface area (TPSA) is 65.1 Å². The Hall–Kier alpha value is -2.30. The molecule has 5 heteroatoms. The standard InChI is InChI=1S/C18H27N5/c1-14(2)8-7-11-20-18(19-3)22-13-17-21-12-16(23-17)15-9-5-4-6-10-15/h4-6,9-10,12,14H,7-8,11,13H2,1-3H3,(H,21,23)(H2,19,20,22). The van der Waals surface area contributed by atoms with Crippen LogP contribution in [-0.4, -0.2) is 29.5 Å². The van der Waals surface area contributed by atoms with Crippen LogP contribution in [0.5, 0.6) is 0 Å².